The molecule has 0 spiro atoms. The molecule has 0 amide bonds. The van der Waals surface area contributed by atoms with Crippen molar-refractivity contribution in [3.63, 3.8) is 0 Å². The van der Waals surface area contributed by atoms with Gasteiger partial charge in [0.25, 0.3) is 0 Å². The second-order valence-corrected chi connectivity index (χ2v) is 3.21. The Morgan fingerprint density at radius 3 is 2.54 bits per heavy atom. The number of hydrogen-bond donors (Lipinski definition) is 0. The summed E-state index contributed by atoms with van der Waals surface area (Å²) in [6.45, 7) is 2.11. The molecule has 13 heavy (non-hydrogen) atoms. The van der Waals surface area contributed by atoms with E-state index in [1.807, 2.05) is 0 Å². The quantitative estimate of drug-likeness (QED) is 0.598. The van der Waals surface area contributed by atoms with Gasteiger partial charge in [-0.25, -0.2) is 0 Å². The molecular formula is C11H12N2. The Labute approximate surface area is 78.0 Å². The molecule has 2 nitrogen and oxygen atoms in total. The summed E-state index contributed by atoms with van der Waals surface area (Å²) in [7, 11) is 0. The summed E-state index contributed by atoms with van der Waals surface area (Å²) in [4.78, 5) is 8.62. The molecule has 2 heteroatoms. The zero-order valence-electron chi connectivity index (χ0n) is 7.70. The number of aromatic nitrogens is 2. The van der Waals surface area contributed by atoms with Crippen LogP contribution in [0, 0.1) is 0 Å². The molecule has 0 bridgehead atoms. The Balaban J connectivity index is 2.39. The fourth-order valence-electron chi connectivity index (χ4n) is 1.42. The first kappa shape index (κ1) is 8.17. The lowest BCUT2D eigenvalue weighted by atomic mass is 10.1. The summed E-state index contributed by atoms with van der Waals surface area (Å²) in [6, 6.07) is 0. The van der Waals surface area contributed by atoms with Crippen molar-refractivity contribution in [3.8, 4) is 0 Å². The molecule has 66 valence electrons. The van der Waals surface area contributed by atoms with E-state index in [-0.39, 0.29) is 0 Å². The van der Waals surface area contributed by atoms with E-state index in [1.165, 1.54) is 5.57 Å². The smallest absolute Gasteiger partial charge is 0.0659 e. The van der Waals surface area contributed by atoms with Gasteiger partial charge < -0.3 is 0 Å². The average Bonchev–Trinajstić information content (AvgIpc) is 2.13. The highest BCUT2D eigenvalue weighted by molar-refractivity contribution is 5.26. The second kappa shape index (κ2) is 3.52. The van der Waals surface area contributed by atoms with Gasteiger partial charge in [0, 0.05) is 25.2 Å². The van der Waals surface area contributed by atoms with Crippen molar-refractivity contribution in [2.75, 3.05) is 0 Å². The largest absolute Gasteiger partial charge is 0.257 e. The Morgan fingerprint density at radius 2 is 1.77 bits per heavy atom. The van der Waals surface area contributed by atoms with Crippen molar-refractivity contribution in [2.45, 2.75) is 19.8 Å². The Kier molecular flexibility index (Phi) is 2.21. The first-order chi connectivity index (χ1) is 6.36. The molecule has 0 radical (unpaired) electrons. The molecule has 1 aliphatic carbocycles. The molecule has 1 aromatic rings. The van der Waals surface area contributed by atoms with E-state index in [2.05, 4.69) is 35.1 Å². The third kappa shape index (κ3) is 1.83. The van der Waals surface area contributed by atoms with Gasteiger partial charge in [0.05, 0.1) is 11.4 Å². The van der Waals surface area contributed by atoms with Crippen LogP contribution in [0.15, 0.2) is 36.2 Å². The van der Waals surface area contributed by atoms with E-state index in [1.54, 1.807) is 12.4 Å². The fourth-order valence-corrected chi connectivity index (χ4v) is 1.42. The van der Waals surface area contributed by atoms with E-state index < -0.39 is 0 Å². The van der Waals surface area contributed by atoms with Crippen LogP contribution in [0.2, 0.25) is 0 Å². The van der Waals surface area contributed by atoms with Crippen LogP contribution in [0.4, 0.5) is 0 Å². The molecule has 0 fully saturated rings. The van der Waals surface area contributed by atoms with E-state index >= 15 is 0 Å². The third-order valence-corrected chi connectivity index (χ3v) is 2.17. The van der Waals surface area contributed by atoms with Crippen LogP contribution in [0.1, 0.15) is 18.3 Å². The van der Waals surface area contributed by atoms with Crippen molar-refractivity contribution in [2.24, 2.45) is 0 Å². The van der Waals surface area contributed by atoms with Gasteiger partial charge in [-0.3, -0.25) is 9.97 Å². The minimum Gasteiger partial charge on any atom is -0.257 e. The molecule has 0 saturated carbocycles. The van der Waals surface area contributed by atoms with Crippen LogP contribution in [-0.4, -0.2) is 9.97 Å². The van der Waals surface area contributed by atoms with Gasteiger partial charge in [-0.15, -0.1) is 0 Å². The lowest BCUT2D eigenvalue weighted by molar-refractivity contribution is 0.953. The monoisotopic (exact) mass is 172 g/mol. The van der Waals surface area contributed by atoms with Crippen LogP contribution in [0.25, 0.3) is 0 Å². The maximum atomic E-state index is 4.31. The molecule has 0 N–H and O–H groups in total. The van der Waals surface area contributed by atoms with E-state index in [0.717, 1.165) is 24.2 Å². The molecule has 0 unspecified atom stereocenters. The standard InChI is InChI=1S/C11H12N2/c1-9-3-2-4-10-11(6-5-9)13-8-7-12-10/h2-3,5,7-8H,4,6H2,1H3/b3-2-,9-5-. The molecule has 1 aromatic heterocycles. The second-order valence-electron chi connectivity index (χ2n) is 3.21. The third-order valence-electron chi connectivity index (χ3n) is 2.17. The predicted octanol–water partition coefficient (Wildman–Crippen LogP) is 2.08. The Morgan fingerprint density at radius 1 is 1.08 bits per heavy atom. The maximum absolute atomic E-state index is 4.31. The summed E-state index contributed by atoms with van der Waals surface area (Å²) in [5.74, 6) is 0. The lowest BCUT2D eigenvalue weighted by Crippen LogP contribution is -2.00. The molecule has 2 rings (SSSR count). The summed E-state index contributed by atoms with van der Waals surface area (Å²) in [5.41, 5.74) is 3.50. The predicted molar refractivity (Wildman–Crippen MR) is 52.3 cm³/mol. The van der Waals surface area contributed by atoms with Crippen molar-refractivity contribution in [1.82, 2.24) is 9.97 Å². The number of rotatable bonds is 0. The molecule has 0 atom stereocenters. The van der Waals surface area contributed by atoms with Crippen LogP contribution < -0.4 is 0 Å². The summed E-state index contributed by atoms with van der Waals surface area (Å²) in [6.07, 6.45) is 11.8. The SMILES string of the molecule is CC1=C/Cc2nccnc2C/C=C\1. The van der Waals surface area contributed by atoms with Crippen LogP contribution in [0.5, 0.6) is 0 Å². The van der Waals surface area contributed by atoms with E-state index in [9.17, 15) is 0 Å². The first-order valence-corrected chi connectivity index (χ1v) is 4.48. The lowest BCUT2D eigenvalue weighted by Gasteiger charge is -2.05. The molecular weight excluding hydrogens is 160 g/mol. The molecule has 1 aliphatic rings. The van der Waals surface area contributed by atoms with Crippen LogP contribution >= 0.6 is 0 Å². The first-order valence-electron chi connectivity index (χ1n) is 4.48. The highest BCUT2D eigenvalue weighted by Crippen LogP contribution is 2.10. The highest BCUT2D eigenvalue weighted by atomic mass is 14.8. The summed E-state index contributed by atoms with van der Waals surface area (Å²) < 4.78 is 0. The van der Waals surface area contributed by atoms with Gasteiger partial charge in [-0.05, 0) is 6.92 Å². The van der Waals surface area contributed by atoms with E-state index in [4.69, 9.17) is 0 Å². The molecule has 0 aliphatic heterocycles. The zero-order valence-corrected chi connectivity index (χ0v) is 7.70. The number of fused-ring (bicyclic) bond motifs is 1. The van der Waals surface area contributed by atoms with Crippen molar-refractivity contribution in [3.05, 3.63) is 47.6 Å². The van der Waals surface area contributed by atoms with Gasteiger partial charge in [0.2, 0.25) is 0 Å². The zero-order chi connectivity index (χ0) is 9.10. The van der Waals surface area contributed by atoms with Crippen molar-refractivity contribution in [1.29, 1.82) is 0 Å². The van der Waals surface area contributed by atoms with Crippen molar-refractivity contribution >= 4 is 0 Å². The van der Waals surface area contributed by atoms with Gasteiger partial charge in [0.1, 0.15) is 0 Å². The number of nitrogens with zero attached hydrogens (tertiary/aromatic N) is 2. The summed E-state index contributed by atoms with van der Waals surface area (Å²) in [5, 5.41) is 0. The number of allylic oxidation sites excluding steroid dienone is 4. The highest BCUT2D eigenvalue weighted by Gasteiger charge is 2.03. The van der Waals surface area contributed by atoms with Crippen LogP contribution in [0.3, 0.4) is 0 Å². The minimum absolute atomic E-state index is 0.897. The summed E-state index contributed by atoms with van der Waals surface area (Å²) >= 11 is 0. The maximum Gasteiger partial charge on any atom is 0.0659 e. The van der Waals surface area contributed by atoms with Crippen LogP contribution in [-0.2, 0) is 12.8 Å². The van der Waals surface area contributed by atoms with Gasteiger partial charge in [-0.1, -0.05) is 23.8 Å². The minimum atomic E-state index is 0.897. The molecule has 0 saturated heterocycles. The fraction of sp³-hybridized carbons (Fsp3) is 0.273. The van der Waals surface area contributed by atoms with Gasteiger partial charge >= 0.3 is 0 Å². The topological polar surface area (TPSA) is 25.8 Å². The normalized spacial score (nSPS) is 22.1. The van der Waals surface area contributed by atoms with Crippen molar-refractivity contribution < 1.29 is 0 Å². The van der Waals surface area contributed by atoms with Gasteiger partial charge in [0.15, 0.2) is 0 Å². The van der Waals surface area contributed by atoms with E-state index in [0.29, 0.717) is 0 Å². The molecule has 0 aromatic carbocycles. The van der Waals surface area contributed by atoms with Gasteiger partial charge in [-0.2, -0.15) is 0 Å². The Hall–Kier alpha value is -1.44. The number of hydrogen-bond acceptors (Lipinski definition) is 2. The Bertz CT molecular complexity index is 364. The molecule has 1 heterocycles. The average molecular weight is 172 g/mol.